The zero-order valence-electron chi connectivity index (χ0n) is 11.2. The second-order valence-electron chi connectivity index (χ2n) is 4.58. The lowest BCUT2D eigenvalue weighted by atomic mass is 9.95. The minimum Gasteiger partial charge on any atom is -0.355 e. The fraction of sp³-hybridized carbons (Fsp3) is 0.308. The number of likely N-dealkylation sites (N-methyl/N-ethyl adjacent to an activating group) is 1. The van der Waals surface area contributed by atoms with Gasteiger partial charge in [0.2, 0.25) is 5.54 Å². The van der Waals surface area contributed by atoms with E-state index in [4.69, 9.17) is 0 Å². The van der Waals surface area contributed by atoms with Crippen LogP contribution in [0.3, 0.4) is 0 Å². The third-order valence-electron chi connectivity index (χ3n) is 3.17. The van der Waals surface area contributed by atoms with Crippen LogP contribution in [0.25, 0.3) is 0 Å². The van der Waals surface area contributed by atoms with Crippen LogP contribution in [0.4, 0.5) is 18.9 Å². The molecule has 1 amide bonds. The molecular formula is C13H11F3N4O. The van der Waals surface area contributed by atoms with Crippen LogP contribution in [-0.4, -0.2) is 29.2 Å². The van der Waals surface area contributed by atoms with E-state index < -0.39 is 23.2 Å². The number of halogens is 3. The van der Waals surface area contributed by atoms with Gasteiger partial charge in [-0.25, -0.2) is 5.01 Å². The van der Waals surface area contributed by atoms with Crippen molar-refractivity contribution >= 4 is 17.3 Å². The van der Waals surface area contributed by atoms with E-state index in [-0.39, 0.29) is 11.4 Å². The van der Waals surface area contributed by atoms with Crippen molar-refractivity contribution in [3.8, 4) is 6.07 Å². The summed E-state index contributed by atoms with van der Waals surface area (Å²) in [5, 5.41) is 16.9. The van der Waals surface area contributed by atoms with E-state index in [0.717, 1.165) is 17.1 Å². The molecule has 0 radical (unpaired) electrons. The topological polar surface area (TPSA) is 68.5 Å². The summed E-state index contributed by atoms with van der Waals surface area (Å²) in [5.74, 6) is -0.581. The van der Waals surface area contributed by atoms with E-state index in [1.165, 1.54) is 26.1 Å². The Balaban J connectivity index is 2.31. The smallest absolute Gasteiger partial charge is 0.355 e. The van der Waals surface area contributed by atoms with Gasteiger partial charge < -0.3 is 5.32 Å². The minimum absolute atomic E-state index is 0.225. The van der Waals surface area contributed by atoms with E-state index in [9.17, 15) is 23.2 Å². The summed E-state index contributed by atoms with van der Waals surface area (Å²) >= 11 is 0. The predicted octanol–water partition coefficient (Wildman–Crippen LogP) is 2.23. The molecule has 5 nitrogen and oxygen atoms in total. The van der Waals surface area contributed by atoms with Crippen LogP contribution >= 0.6 is 0 Å². The van der Waals surface area contributed by atoms with Gasteiger partial charge in [0.05, 0.1) is 11.3 Å². The van der Waals surface area contributed by atoms with Crippen molar-refractivity contribution in [2.75, 3.05) is 12.4 Å². The van der Waals surface area contributed by atoms with Gasteiger partial charge in [0.1, 0.15) is 6.07 Å². The highest BCUT2D eigenvalue weighted by Gasteiger charge is 2.49. The Kier molecular flexibility index (Phi) is 3.37. The normalized spacial score (nSPS) is 22.0. The van der Waals surface area contributed by atoms with Gasteiger partial charge in [0.15, 0.2) is 0 Å². The van der Waals surface area contributed by atoms with Crippen LogP contribution < -0.4 is 5.32 Å². The highest BCUT2D eigenvalue weighted by atomic mass is 19.4. The average Bonchev–Trinajstić information content (AvgIpc) is 2.62. The molecule has 110 valence electrons. The maximum Gasteiger partial charge on any atom is 0.416 e. The Hall–Kier alpha value is -2.56. The summed E-state index contributed by atoms with van der Waals surface area (Å²) in [6.07, 6.45) is -4.44. The molecule has 2 rings (SSSR count). The molecule has 0 unspecified atom stereocenters. The van der Waals surface area contributed by atoms with Crippen molar-refractivity contribution in [2.24, 2.45) is 5.10 Å². The first-order valence-corrected chi connectivity index (χ1v) is 5.91. The van der Waals surface area contributed by atoms with Gasteiger partial charge in [-0.3, -0.25) is 4.79 Å². The number of nitrogens with one attached hydrogen (secondary N) is 1. The SMILES string of the molecule is CC1=NN(C)C(=O)[C@@]1(C#N)Nc1ccc(C(F)(F)F)cc1. The van der Waals surface area contributed by atoms with Crippen molar-refractivity contribution in [2.45, 2.75) is 18.6 Å². The molecule has 0 bridgehead atoms. The number of anilines is 1. The van der Waals surface area contributed by atoms with E-state index in [2.05, 4.69) is 10.4 Å². The number of hydrogen-bond acceptors (Lipinski definition) is 4. The summed E-state index contributed by atoms with van der Waals surface area (Å²) < 4.78 is 37.5. The van der Waals surface area contributed by atoms with Gasteiger partial charge in [-0.1, -0.05) is 0 Å². The van der Waals surface area contributed by atoms with E-state index in [0.29, 0.717) is 0 Å². The Morgan fingerprint density at radius 1 is 1.33 bits per heavy atom. The van der Waals surface area contributed by atoms with Crippen molar-refractivity contribution in [1.29, 1.82) is 5.26 Å². The predicted molar refractivity (Wildman–Crippen MR) is 69.3 cm³/mol. The molecule has 0 aromatic heterocycles. The van der Waals surface area contributed by atoms with Crippen molar-refractivity contribution < 1.29 is 18.0 Å². The fourth-order valence-corrected chi connectivity index (χ4v) is 2.00. The number of nitrogens with zero attached hydrogens (tertiary/aromatic N) is 3. The van der Waals surface area contributed by atoms with Crippen LogP contribution in [0.5, 0.6) is 0 Å². The second kappa shape index (κ2) is 4.77. The monoisotopic (exact) mass is 296 g/mol. The van der Waals surface area contributed by atoms with Crippen LogP contribution in [0, 0.1) is 11.3 Å². The van der Waals surface area contributed by atoms with Crippen molar-refractivity contribution in [3.05, 3.63) is 29.8 Å². The molecule has 0 saturated carbocycles. The standard InChI is InChI=1S/C13H11F3N4O/c1-8-12(7-17,11(21)20(2)19-8)18-10-5-3-9(4-6-10)13(14,15)16/h3-6,18H,1-2H3/t12-/m0/s1. The van der Waals surface area contributed by atoms with E-state index in [1.807, 2.05) is 6.07 Å². The van der Waals surface area contributed by atoms with Crippen molar-refractivity contribution in [1.82, 2.24) is 5.01 Å². The number of hydrazone groups is 1. The third-order valence-corrected chi connectivity index (χ3v) is 3.17. The largest absolute Gasteiger partial charge is 0.416 e. The summed E-state index contributed by atoms with van der Waals surface area (Å²) in [6.45, 7) is 1.50. The highest BCUT2D eigenvalue weighted by Crippen LogP contribution is 2.31. The molecule has 1 N–H and O–H groups in total. The number of carbonyl (C=O) groups excluding carboxylic acids is 1. The number of carbonyl (C=O) groups is 1. The number of rotatable bonds is 2. The minimum atomic E-state index is -4.44. The van der Waals surface area contributed by atoms with Gasteiger partial charge >= 0.3 is 6.18 Å². The second-order valence-corrected chi connectivity index (χ2v) is 4.58. The average molecular weight is 296 g/mol. The summed E-state index contributed by atoms with van der Waals surface area (Å²) in [7, 11) is 1.40. The molecule has 1 aromatic carbocycles. The molecule has 0 fully saturated rings. The molecule has 1 aromatic rings. The number of benzene rings is 1. The molecule has 1 heterocycles. The van der Waals surface area contributed by atoms with Gasteiger partial charge in [-0.05, 0) is 31.2 Å². The first kappa shape index (κ1) is 14.8. The molecule has 1 aliphatic heterocycles. The lowest BCUT2D eigenvalue weighted by Gasteiger charge is -2.22. The maximum atomic E-state index is 12.5. The number of nitriles is 1. The molecule has 0 spiro atoms. The van der Waals surface area contributed by atoms with Crippen molar-refractivity contribution in [3.63, 3.8) is 0 Å². The van der Waals surface area contributed by atoms with Crippen LogP contribution in [0.15, 0.2) is 29.4 Å². The fourth-order valence-electron chi connectivity index (χ4n) is 2.00. The lowest BCUT2D eigenvalue weighted by Crippen LogP contribution is -2.50. The van der Waals surface area contributed by atoms with Crippen LogP contribution in [0.2, 0.25) is 0 Å². The van der Waals surface area contributed by atoms with E-state index in [1.54, 1.807) is 0 Å². The molecular weight excluding hydrogens is 285 g/mol. The molecule has 21 heavy (non-hydrogen) atoms. The Morgan fingerprint density at radius 2 is 1.90 bits per heavy atom. The highest BCUT2D eigenvalue weighted by molar-refractivity contribution is 6.20. The van der Waals surface area contributed by atoms with Gasteiger partial charge in [0, 0.05) is 12.7 Å². The molecule has 0 saturated heterocycles. The zero-order chi connectivity index (χ0) is 15.8. The molecule has 8 heteroatoms. The van der Waals surface area contributed by atoms with Crippen LogP contribution in [-0.2, 0) is 11.0 Å². The molecule has 1 aliphatic rings. The van der Waals surface area contributed by atoms with Gasteiger partial charge in [-0.2, -0.15) is 23.5 Å². The molecule has 1 atom stereocenters. The van der Waals surface area contributed by atoms with Gasteiger partial charge in [0.25, 0.3) is 5.91 Å². The van der Waals surface area contributed by atoms with Gasteiger partial charge in [-0.15, -0.1) is 0 Å². The van der Waals surface area contributed by atoms with E-state index >= 15 is 0 Å². The Morgan fingerprint density at radius 3 is 2.29 bits per heavy atom. The first-order chi connectivity index (χ1) is 9.70. The summed E-state index contributed by atoms with van der Waals surface area (Å²) in [5.41, 5.74) is -2.03. The van der Waals surface area contributed by atoms with Crippen LogP contribution in [0.1, 0.15) is 12.5 Å². The molecule has 0 aliphatic carbocycles. The third kappa shape index (κ3) is 2.42. The number of alkyl halides is 3. The zero-order valence-corrected chi connectivity index (χ0v) is 11.2. The Labute approximate surface area is 118 Å². The number of amides is 1. The number of hydrogen-bond donors (Lipinski definition) is 1. The quantitative estimate of drug-likeness (QED) is 0.910. The Bertz CT molecular complexity index is 645. The summed E-state index contributed by atoms with van der Waals surface area (Å²) in [6, 6.07) is 5.94. The first-order valence-electron chi connectivity index (χ1n) is 5.91. The maximum absolute atomic E-state index is 12.5. The lowest BCUT2D eigenvalue weighted by molar-refractivity contribution is -0.137. The summed E-state index contributed by atoms with van der Waals surface area (Å²) in [4.78, 5) is 12.0.